The van der Waals surface area contributed by atoms with E-state index < -0.39 is 0 Å². The number of pyridine rings is 1. The van der Waals surface area contributed by atoms with Crippen LogP contribution in [0, 0.1) is 10.5 Å². The summed E-state index contributed by atoms with van der Waals surface area (Å²) in [5.74, 6) is 0.760. The highest BCUT2D eigenvalue weighted by molar-refractivity contribution is 14.1. The maximum atomic E-state index is 5.97. The summed E-state index contributed by atoms with van der Waals surface area (Å²) in [5.41, 5.74) is 2.43. The van der Waals surface area contributed by atoms with Gasteiger partial charge in [-0.25, -0.2) is 4.98 Å². The van der Waals surface area contributed by atoms with Gasteiger partial charge in [0, 0.05) is 5.69 Å². The summed E-state index contributed by atoms with van der Waals surface area (Å²) in [4.78, 5) is 4.20. The summed E-state index contributed by atoms with van der Waals surface area (Å²) in [6.07, 6.45) is 2.63. The van der Waals surface area contributed by atoms with Gasteiger partial charge in [-0.05, 0) is 59.9 Å². The second-order valence-electron chi connectivity index (χ2n) is 3.23. The van der Waals surface area contributed by atoms with Gasteiger partial charge in [0.1, 0.15) is 5.15 Å². The van der Waals surface area contributed by atoms with Crippen molar-refractivity contribution < 1.29 is 0 Å². The number of aromatic nitrogens is 1. The van der Waals surface area contributed by atoms with Gasteiger partial charge in [-0.15, -0.1) is 0 Å². The van der Waals surface area contributed by atoms with E-state index in [1.807, 2.05) is 6.92 Å². The van der Waals surface area contributed by atoms with Gasteiger partial charge in [-0.2, -0.15) is 0 Å². The third-order valence-corrected chi connectivity index (χ3v) is 3.82. The molecule has 1 saturated carbocycles. The number of hydrogen-bond acceptors (Lipinski definition) is 1. The van der Waals surface area contributed by atoms with Gasteiger partial charge in [0.2, 0.25) is 0 Å². The molecule has 1 aliphatic carbocycles. The lowest BCUT2D eigenvalue weighted by Gasteiger charge is -2.04. The second kappa shape index (κ2) is 3.14. The Balaban J connectivity index is 2.51. The molecule has 0 N–H and O–H groups in total. The minimum absolute atomic E-state index is 0.664. The molecule has 0 aromatic carbocycles. The van der Waals surface area contributed by atoms with Crippen molar-refractivity contribution in [1.82, 2.24) is 4.98 Å². The smallest absolute Gasteiger partial charge is 0.142 e. The molecule has 64 valence electrons. The van der Waals surface area contributed by atoms with E-state index in [9.17, 15) is 0 Å². The Morgan fingerprint density at radius 3 is 2.83 bits per heavy atom. The summed E-state index contributed by atoms with van der Waals surface area (Å²) in [6, 6.07) is 2.16. The van der Waals surface area contributed by atoms with Gasteiger partial charge in [0.05, 0.1) is 3.57 Å². The SMILES string of the molecule is Cc1cc(C2CC2)c(I)c(Cl)n1. The van der Waals surface area contributed by atoms with Crippen molar-refractivity contribution in [3.05, 3.63) is 26.0 Å². The molecule has 0 bridgehead atoms. The zero-order valence-electron chi connectivity index (χ0n) is 6.77. The quantitative estimate of drug-likeness (QED) is 0.570. The van der Waals surface area contributed by atoms with E-state index >= 15 is 0 Å². The van der Waals surface area contributed by atoms with Crippen molar-refractivity contribution in [3.63, 3.8) is 0 Å². The molecule has 1 aromatic rings. The molecule has 1 fully saturated rings. The van der Waals surface area contributed by atoms with Crippen LogP contribution in [0.25, 0.3) is 0 Å². The van der Waals surface area contributed by atoms with E-state index in [1.54, 1.807) is 0 Å². The Morgan fingerprint density at radius 2 is 2.25 bits per heavy atom. The largest absolute Gasteiger partial charge is 0.240 e. The first-order chi connectivity index (χ1) is 5.68. The van der Waals surface area contributed by atoms with Crippen LogP contribution in [0.15, 0.2) is 6.07 Å². The van der Waals surface area contributed by atoms with Crippen LogP contribution < -0.4 is 0 Å². The van der Waals surface area contributed by atoms with Crippen LogP contribution in [-0.2, 0) is 0 Å². The summed E-state index contributed by atoms with van der Waals surface area (Å²) in [6.45, 7) is 1.99. The van der Waals surface area contributed by atoms with Crippen LogP contribution in [0.2, 0.25) is 5.15 Å². The lowest BCUT2D eigenvalue weighted by Crippen LogP contribution is -1.92. The zero-order valence-corrected chi connectivity index (χ0v) is 9.69. The fraction of sp³-hybridized carbons (Fsp3) is 0.444. The average Bonchev–Trinajstić information content (AvgIpc) is 2.79. The fourth-order valence-corrected chi connectivity index (χ4v) is 2.29. The molecule has 1 aliphatic rings. The lowest BCUT2D eigenvalue weighted by atomic mass is 10.1. The fourth-order valence-electron chi connectivity index (χ4n) is 1.34. The Morgan fingerprint density at radius 1 is 1.58 bits per heavy atom. The number of nitrogens with zero attached hydrogens (tertiary/aromatic N) is 1. The van der Waals surface area contributed by atoms with Crippen molar-refractivity contribution in [3.8, 4) is 0 Å². The van der Waals surface area contributed by atoms with Crippen LogP contribution in [-0.4, -0.2) is 4.98 Å². The summed E-state index contributed by atoms with van der Waals surface area (Å²) in [5, 5.41) is 0.664. The van der Waals surface area contributed by atoms with Gasteiger partial charge in [-0.3, -0.25) is 0 Å². The molecule has 3 heteroatoms. The van der Waals surface area contributed by atoms with Crippen molar-refractivity contribution in [2.75, 3.05) is 0 Å². The number of aryl methyl sites for hydroxylation is 1. The van der Waals surface area contributed by atoms with Gasteiger partial charge in [0.25, 0.3) is 0 Å². The highest BCUT2D eigenvalue weighted by Gasteiger charge is 2.26. The summed E-state index contributed by atoms with van der Waals surface area (Å²) in [7, 11) is 0. The first-order valence-corrected chi connectivity index (χ1v) is 5.46. The number of hydrogen-bond donors (Lipinski definition) is 0. The van der Waals surface area contributed by atoms with Crippen LogP contribution >= 0.6 is 34.2 Å². The monoisotopic (exact) mass is 293 g/mol. The predicted molar refractivity (Wildman–Crippen MR) is 58.7 cm³/mol. The zero-order chi connectivity index (χ0) is 8.72. The maximum Gasteiger partial charge on any atom is 0.142 e. The highest BCUT2D eigenvalue weighted by Crippen LogP contribution is 2.43. The minimum Gasteiger partial charge on any atom is -0.240 e. The molecular weight excluding hydrogens is 284 g/mol. The molecular formula is C9H9ClIN. The molecule has 1 heterocycles. The molecule has 1 nitrogen and oxygen atoms in total. The van der Waals surface area contributed by atoms with Crippen LogP contribution in [0.1, 0.15) is 30.0 Å². The highest BCUT2D eigenvalue weighted by atomic mass is 127. The van der Waals surface area contributed by atoms with Gasteiger partial charge in [-0.1, -0.05) is 11.6 Å². The molecule has 0 aliphatic heterocycles. The molecule has 0 unspecified atom stereocenters. The van der Waals surface area contributed by atoms with Gasteiger partial charge < -0.3 is 0 Å². The number of halogens is 2. The van der Waals surface area contributed by atoms with E-state index in [0.29, 0.717) is 5.15 Å². The second-order valence-corrected chi connectivity index (χ2v) is 4.67. The Bertz CT molecular complexity index is 321. The molecule has 0 saturated heterocycles. The Labute approximate surface area is 90.7 Å². The molecule has 0 atom stereocenters. The average molecular weight is 294 g/mol. The molecule has 1 aromatic heterocycles. The predicted octanol–water partition coefficient (Wildman–Crippen LogP) is 3.53. The van der Waals surface area contributed by atoms with E-state index in [4.69, 9.17) is 11.6 Å². The van der Waals surface area contributed by atoms with E-state index in [1.165, 1.54) is 18.4 Å². The third-order valence-electron chi connectivity index (χ3n) is 2.09. The lowest BCUT2D eigenvalue weighted by molar-refractivity contribution is 1.06. The normalized spacial score (nSPS) is 16.6. The summed E-state index contributed by atoms with van der Waals surface area (Å²) >= 11 is 8.25. The Kier molecular flexibility index (Phi) is 2.29. The maximum absolute atomic E-state index is 5.97. The number of rotatable bonds is 1. The third kappa shape index (κ3) is 1.59. The van der Waals surface area contributed by atoms with Crippen LogP contribution in [0.5, 0.6) is 0 Å². The topological polar surface area (TPSA) is 12.9 Å². The summed E-state index contributed by atoms with van der Waals surface area (Å²) < 4.78 is 1.14. The van der Waals surface area contributed by atoms with E-state index in [0.717, 1.165) is 15.2 Å². The van der Waals surface area contributed by atoms with Crippen molar-refractivity contribution in [2.45, 2.75) is 25.7 Å². The minimum atomic E-state index is 0.664. The van der Waals surface area contributed by atoms with E-state index in [-0.39, 0.29) is 0 Å². The van der Waals surface area contributed by atoms with Gasteiger partial charge in [0.15, 0.2) is 0 Å². The standard InChI is InChI=1S/C9H9ClIN/c1-5-4-7(6-2-3-6)8(11)9(10)12-5/h4,6H,2-3H2,1H3. The molecule has 2 rings (SSSR count). The van der Waals surface area contributed by atoms with Crippen LogP contribution in [0.3, 0.4) is 0 Å². The van der Waals surface area contributed by atoms with Gasteiger partial charge >= 0.3 is 0 Å². The Hall–Kier alpha value is 0.170. The van der Waals surface area contributed by atoms with E-state index in [2.05, 4.69) is 33.6 Å². The molecule has 12 heavy (non-hydrogen) atoms. The molecule has 0 radical (unpaired) electrons. The van der Waals surface area contributed by atoms with Crippen LogP contribution in [0.4, 0.5) is 0 Å². The van der Waals surface area contributed by atoms with Crippen molar-refractivity contribution in [1.29, 1.82) is 0 Å². The molecule has 0 amide bonds. The van der Waals surface area contributed by atoms with Crippen molar-refractivity contribution in [2.24, 2.45) is 0 Å². The first-order valence-electron chi connectivity index (χ1n) is 4.01. The first kappa shape index (κ1) is 8.75. The molecule has 0 spiro atoms. The van der Waals surface area contributed by atoms with Crippen molar-refractivity contribution >= 4 is 34.2 Å².